The molecule has 0 aliphatic carbocycles. The van der Waals surface area contributed by atoms with E-state index in [1.165, 1.54) is 11.1 Å². The number of hydrogen-bond acceptors (Lipinski definition) is 2. The molecule has 2 heterocycles. The van der Waals surface area contributed by atoms with Crippen LogP contribution in [0.5, 0.6) is 0 Å². The Hall–Kier alpha value is -1.93. The second-order valence-electron chi connectivity index (χ2n) is 7.50. The number of hydrogen-bond donors (Lipinski definition) is 0. The zero-order chi connectivity index (χ0) is 16.0. The quantitative estimate of drug-likeness (QED) is 0.794. The Balaban J connectivity index is 1.88. The lowest BCUT2D eigenvalue weighted by atomic mass is 9.67. The van der Waals surface area contributed by atoms with E-state index < -0.39 is 0 Å². The van der Waals surface area contributed by atoms with Crippen LogP contribution >= 0.6 is 0 Å². The molecule has 0 aromatic heterocycles. The summed E-state index contributed by atoms with van der Waals surface area (Å²) in [5.74, 6) is 0.308. The van der Waals surface area contributed by atoms with Gasteiger partial charge in [-0.2, -0.15) is 0 Å². The summed E-state index contributed by atoms with van der Waals surface area (Å²) < 4.78 is 0. The minimum atomic E-state index is -0.288. The van der Waals surface area contributed by atoms with Crippen LogP contribution in [0.25, 0.3) is 0 Å². The highest BCUT2D eigenvalue weighted by Crippen LogP contribution is 2.48. The number of nitrogens with zero attached hydrogens (tertiary/aromatic N) is 1. The Labute approximate surface area is 138 Å². The summed E-state index contributed by atoms with van der Waals surface area (Å²) in [5, 5.41) is 0. The standard InChI is InChI=1S/C21H23NO/c1-21(2)14-22-13-12-15-8-6-7-11-17(15)19(22)18(20(21)23)16-9-4-3-5-10-16/h3-11,18-19H,12-14H2,1-2H3/t18-,19+/m0/s1. The van der Waals surface area contributed by atoms with E-state index in [-0.39, 0.29) is 17.4 Å². The van der Waals surface area contributed by atoms with Gasteiger partial charge in [0, 0.05) is 24.5 Å². The van der Waals surface area contributed by atoms with Crippen LogP contribution in [-0.2, 0) is 11.2 Å². The van der Waals surface area contributed by atoms with Gasteiger partial charge in [0.2, 0.25) is 0 Å². The fourth-order valence-corrected chi connectivity index (χ4v) is 4.36. The normalized spacial score (nSPS) is 26.4. The van der Waals surface area contributed by atoms with E-state index in [1.54, 1.807) is 0 Å². The van der Waals surface area contributed by atoms with E-state index in [4.69, 9.17) is 0 Å². The van der Waals surface area contributed by atoms with Crippen LogP contribution in [0, 0.1) is 5.41 Å². The van der Waals surface area contributed by atoms with Crippen molar-refractivity contribution in [2.75, 3.05) is 13.1 Å². The van der Waals surface area contributed by atoms with Gasteiger partial charge in [-0.1, -0.05) is 68.4 Å². The molecule has 118 valence electrons. The third-order valence-electron chi connectivity index (χ3n) is 5.46. The molecule has 0 saturated carbocycles. The van der Waals surface area contributed by atoms with Gasteiger partial charge in [0.25, 0.3) is 0 Å². The van der Waals surface area contributed by atoms with E-state index in [2.05, 4.69) is 55.1 Å². The summed E-state index contributed by atoms with van der Waals surface area (Å²) in [7, 11) is 0. The second kappa shape index (κ2) is 5.31. The first-order valence-corrected chi connectivity index (χ1v) is 8.49. The van der Waals surface area contributed by atoms with Crippen LogP contribution in [0.15, 0.2) is 54.6 Å². The van der Waals surface area contributed by atoms with Gasteiger partial charge in [-0.05, 0) is 23.1 Å². The number of benzene rings is 2. The highest BCUT2D eigenvalue weighted by atomic mass is 16.1. The number of fused-ring (bicyclic) bond motifs is 3. The molecule has 2 aromatic rings. The van der Waals surface area contributed by atoms with E-state index in [0.717, 1.165) is 25.1 Å². The molecule has 2 nitrogen and oxygen atoms in total. The van der Waals surface area contributed by atoms with Gasteiger partial charge in [-0.3, -0.25) is 9.69 Å². The summed E-state index contributed by atoms with van der Waals surface area (Å²) in [6.45, 7) is 6.10. The van der Waals surface area contributed by atoms with Gasteiger partial charge in [0.05, 0.1) is 5.92 Å². The van der Waals surface area contributed by atoms with Gasteiger partial charge >= 0.3 is 0 Å². The number of carbonyl (C=O) groups excluding carboxylic acids is 1. The first-order chi connectivity index (χ1) is 11.1. The Kier molecular flexibility index (Phi) is 3.38. The maximum absolute atomic E-state index is 13.3. The summed E-state index contributed by atoms with van der Waals surface area (Å²) in [4.78, 5) is 15.8. The molecule has 0 bridgehead atoms. The van der Waals surface area contributed by atoms with E-state index in [1.807, 2.05) is 18.2 Å². The molecule has 0 spiro atoms. The van der Waals surface area contributed by atoms with Crippen molar-refractivity contribution in [3.63, 3.8) is 0 Å². The van der Waals surface area contributed by atoms with Gasteiger partial charge in [-0.25, -0.2) is 0 Å². The molecule has 2 aliphatic heterocycles. The monoisotopic (exact) mass is 305 g/mol. The molecule has 2 aromatic carbocycles. The molecule has 0 radical (unpaired) electrons. The molecule has 1 saturated heterocycles. The minimum Gasteiger partial charge on any atom is -0.298 e. The lowest BCUT2D eigenvalue weighted by Gasteiger charge is -2.50. The molecule has 2 heteroatoms. The van der Waals surface area contributed by atoms with Gasteiger partial charge < -0.3 is 0 Å². The summed E-state index contributed by atoms with van der Waals surface area (Å²) in [6.07, 6.45) is 1.08. The molecule has 2 aliphatic rings. The van der Waals surface area contributed by atoms with E-state index >= 15 is 0 Å². The van der Waals surface area contributed by atoms with Crippen molar-refractivity contribution in [3.8, 4) is 0 Å². The van der Waals surface area contributed by atoms with Crippen LogP contribution in [0.1, 0.15) is 42.5 Å². The Bertz CT molecular complexity index is 735. The molecular formula is C21H23NO. The molecule has 0 N–H and O–H groups in total. The second-order valence-corrected chi connectivity index (χ2v) is 7.50. The predicted molar refractivity (Wildman–Crippen MR) is 92.4 cm³/mol. The van der Waals surface area contributed by atoms with Crippen molar-refractivity contribution in [2.45, 2.75) is 32.2 Å². The average molecular weight is 305 g/mol. The van der Waals surface area contributed by atoms with E-state index in [0.29, 0.717) is 5.78 Å². The van der Waals surface area contributed by atoms with Crippen LogP contribution in [0.3, 0.4) is 0 Å². The van der Waals surface area contributed by atoms with E-state index in [9.17, 15) is 4.79 Å². The highest BCUT2D eigenvalue weighted by molar-refractivity contribution is 5.92. The molecule has 0 amide bonds. The Morgan fingerprint density at radius 3 is 2.48 bits per heavy atom. The van der Waals surface area contributed by atoms with Gasteiger partial charge in [-0.15, -0.1) is 0 Å². The molecule has 1 fully saturated rings. The average Bonchev–Trinajstić information content (AvgIpc) is 2.56. The van der Waals surface area contributed by atoms with Crippen molar-refractivity contribution in [2.24, 2.45) is 5.41 Å². The number of carbonyl (C=O) groups is 1. The van der Waals surface area contributed by atoms with Crippen LogP contribution in [-0.4, -0.2) is 23.8 Å². The number of ketones is 1. The lowest BCUT2D eigenvalue weighted by molar-refractivity contribution is -0.137. The van der Waals surface area contributed by atoms with Crippen LogP contribution in [0.4, 0.5) is 0 Å². The Morgan fingerprint density at radius 2 is 1.70 bits per heavy atom. The zero-order valence-electron chi connectivity index (χ0n) is 13.8. The molecular weight excluding hydrogens is 282 g/mol. The zero-order valence-corrected chi connectivity index (χ0v) is 13.8. The third kappa shape index (κ3) is 2.33. The molecule has 0 unspecified atom stereocenters. The first-order valence-electron chi connectivity index (χ1n) is 8.49. The molecule has 23 heavy (non-hydrogen) atoms. The van der Waals surface area contributed by atoms with Crippen molar-refractivity contribution in [1.29, 1.82) is 0 Å². The van der Waals surface area contributed by atoms with Crippen molar-refractivity contribution in [1.82, 2.24) is 4.90 Å². The summed E-state index contributed by atoms with van der Waals surface area (Å²) in [6, 6.07) is 19.2. The smallest absolute Gasteiger partial charge is 0.149 e. The lowest BCUT2D eigenvalue weighted by Crippen LogP contribution is -2.54. The predicted octanol–water partition coefficient (Wildman–Crippen LogP) is 3.98. The third-order valence-corrected chi connectivity index (χ3v) is 5.46. The minimum absolute atomic E-state index is 0.0681. The summed E-state index contributed by atoms with van der Waals surface area (Å²) in [5.41, 5.74) is 3.61. The van der Waals surface area contributed by atoms with Crippen LogP contribution in [0.2, 0.25) is 0 Å². The van der Waals surface area contributed by atoms with Crippen molar-refractivity contribution >= 4 is 5.78 Å². The maximum atomic E-state index is 13.3. The fraction of sp³-hybridized carbons (Fsp3) is 0.381. The first kappa shape index (κ1) is 14.6. The SMILES string of the molecule is CC1(C)CN2CCc3ccccc3[C@@H]2[C@H](c2ccccc2)C1=O. The van der Waals surface area contributed by atoms with Gasteiger partial charge in [0.1, 0.15) is 5.78 Å². The summed E-state index contributed by atoms with van der Waals surface area (Å²) >= 11 is 0. The Morgan fingerprint density at radius 1 is 1.00 bits per heavy atom. The van der Waals surface area contributed by atoms with Crippen molar-refractivity contribution < 1.29 is 4.79 Å². The number of piperidine rings is 1. The largest absolute Gasteiger partial charge is 0.298 e. The fourth-order valence-electron chi connectivity index (χ4n) is 4.36. The maximum Gasteiger partial charge on any atom is 0.149 e. The van der Waals surface area contributed by atoms with Crippen molar-refractivity contribution in [3.05, 3.63) is 71.3 Å². The van der Waals surface area contributed by atoms with Crippen LogP contribution < -0.4 is 0 Å². The highest BCUT2D eigenvalue weighted by Gasteiger charge is 2.49. The van der Waals surface area contributed by atoms with Gasteiger partial charge in [0.15, 0.2) is 0 Å². The topological polar surface area (TPSA) is 20.3 Å². The number of Topliss-reactive ketones (excluding diaryl/α,β-unsaturated/α-hetero) is 1. The molecule has 4 rings (SSSR count). The number of rotatable bonds is 1. The molecule has 2 atom stereocenters.